The SMILES string of the molecule is CCNC(=O)N1CCN(S(=O)(=O)c2ccc(Cl)cc2C(F)(F)F)CC1. The first kappa shape index (κ1) is 19.8. The van der Waals surface area contributed by atoms with Crippen LogP contribution in [0.15, 0.2) is 23.1 Å². The zero-order valence-corrected chi connectivity index (χ0v) is 14.9. The van der Waals surface area contributed by atoms with Gasteiger partial charge in [-0.15, -0.1) is 0 Å². The monoisotopic (exact) mass is 399 g/mol. The number of hydrogen-bond donors (Lipinski definition) is 1. The molecule has 1 aliphatic heterocycles. The number of piperazine rings is 1. The van der Waals surface area contributed by atoms with Crippen molar-refractivity contribution >= 4 is 27.7 Å². The van der Waals surface area contributed by atoms with Crippen molar-refractivity contribution in [3.8, 4) is 0 Å². The number of nitrogens with one attached hydrogen (secondary N) is 1. The van der Waals surface area contributed by atoms with E-state index in [-0.39, 0.29) is 37.2 Å². The van der Waals surface area contributed by atoms with E-state index in [1.165, 1.54) is 4.90 Å². The Kier molecular flexibility index (Phi) is 5.85. The van der Waals surface area contributed by atoms with Crippen LogP contribution in [0.4, 0.5) is 18.0 Å². The molecule has 25 heavy (non-hydrogen) atoms. The van der Waals surface area contributed by atoms with Crippen molar-refractivity contribution in [3.05, 3.63) is 28.8 Å². The second-order valence-electron chi connectivity index (χ2n) is 5.36. The van der Waals surface area contributed by atoms with Crippen molar-refractivity contribution in [1.82, 2.24) is 14.5 Å². The van der Waals surface area contributed by atoms with Crippen LogP contribution in [0.3, 0.4) is 0 Å². The predicted molar refractivity (Wildman–Crippen MR) is 85.9 cm³/mol. The summed E-state index contributed by atoms with van der Waals surface area (Å²) in [5.41, 5.74) is -1.30. The predicted octanol–water partition coefficient (Wildman–Crippen LogP) is 2.39. The number of rotatable bonds is 3. The number of halogens is 4. The molecule has 0 atom stereocenters. The van der Waals surface area contributed by atoms with Crippen molar-refractivity contribution < 1.29 is 26.4 Å². The average molecular weight is 400 g/mol. The number of urea groups is 1. The summed E-state index contributed by atoms with van der Waals surface area (Å²) in [5.74, 6) is 0. The van der Waals surface area contributed by atoms with Crippen LogP contribution in [0, 0.1) is 0 Å². The van der Waals surface area contributed by atoms with Gasteiger partial charge in [-0.1, -0.05) is 11.6 Å². The normalized spacial score (nSPS) is 16.8. The zero-order valence-electron chi connectivity index (χ0n) is 13.3. The molecule has 1 aromatic carbocycles. The van der Waals surface area contributed by atoms with Crippen molar-refractivity contribution in [1.29, 1.82) is 0 Å². The standard InChI is InChI=1S/C14H17ClF3N3O3S/c1-2-19-13(22)20-5-7-21(8-6-20)25(23,24)12-4-3-10(15)9-11(12)14(16,17)18/h3-4,9H,2,5-8H2,1H3,(H,19,22). The van der Waals surface area contributed by atoms with Gasteiger partial charge in [0.15, 0.2) is 0 Å². The van der Waals surface area contributed by atoms with E-state index in [1.54, 1.807) is 6.92 Å². The van der Waals surface area contributed by atoms with Crippen LogP contribution >= 0.6 is 11.6 Å². The molecule has 140 valence electrons. The van der Waals surface area contributed by atoms with Crippen LogP contribution in [0.2, 0.25) is 5.02 Å². The quantitative estimate of drug-likeness (QED) is 0.848. The second-order valence-corrected chi connectivity index (χ2v) is 7.71. The largest absolute Gasteiger partial charge is 0.417 e. The lowest BCUT2D eigenvalue weighted by molar-refractivity contribution is -0.139. The minimum Gasteiger partial charge on any atom is -0.338 e. The number of nitrogens with zero attached hydrogens (tertiary/aromatic N) is 2. The lowest BCUT2D eigenvalue weighted by Crippen LogP contribution is -2.53. The fraction of sp³-hybridized carbons (Fsp3) is 0.500. The minimum absolute atomic E-state index is 0.0839. The Hall–Kier alpha value is -1.52. The van der Waals surface area contributed by atoms with Gasteiger partial charge in [-0.2, -0.15) is 17.5 Å². The molecule has 2 rings (SSSR count). The molecule has 0 bridgehead atoms. The maximum atomic E-state index is 13.2. The molecular formula is C14H17ClF3N3O3S. The summed E-state index contributed by atoms with van der Waals surface area (Å²) in [6.07, 6.45) is -4.85. The van der Waals surface area contributed by atoms with Gasteiger partial charge >= 0.3 is 12.2 Å². The number of hydrogen-bond acceptors (Lipinski definition) is 3. The van der Waals surface area contributed by atoms with Crippen LogP contribution in [0.25, 0.3) is 0 Å². The molecule has 0 aromatic heterocycles. The smallest absolute Gasteiger partial charge is 0.338 e. The molecule has 0 aliphatic carbocycles. The number of carbonyl (C=O) groups is 1. The van der Waals surface area contributed by atoms with Crippen LogP contribution < -0.4 is 5.32 Å². The molecule has 1 fully saturated rings. The van der Waals surface area contributed by atoms with Crippen LogP contribution in [-0.2, 0) is 16.2 Å². The Balaban J connectivity index is 2.25. The van der Waals surface area contributed by atoms with Crippen molar-refractivity contribution in [2.75, 3.05) is 32.7 Å². The van der Waals surface area contributed by atoms with Gasteiger partial charge < -0.3 is 10.2 Å². The topological polar surface area (TPSA) is 69.7 Å². The maximum absolute atomic E-state index is 13.2. The second kappa shape index (κ2) is 7.38. The van der Waals surface area contributed by atoms with Crippen LogP contribution in [0.5, 0.6) is 0 Å². The van der Waals surface area contributed by atoms with Gasteiger partial charge in [0, 0.05) is 37.7 Å². The van der Waals surface area contributed by atoms with Crippen molar-refractivity contribution in [2.45, 2.75) is 18.0 Å². The highest BCUT2D eigenvalue weighted by molar-refractivity contribution is 7.89. The van der Waals surface area contributed by atoms with E-state index in [1.807, 2.05) is 0 Å². The molecule has 0 spiro atoms. The maximum Gasteiger partial charge on any atom is 0.417 e. The highest BCUT2D eigenvalue weighted by Crippen LogP contribution is 2.37. The molecular weight excluding hydrogens is 383 g/mol. The van der Waals surface area contributed by atoms with Gasteiger partial charge in [0.05, 0.1) is 10.5 Å². The third kappa shape index (κ3) is 4.36. The average Bonchev–Trinajstić information content (AvgIpc) is 2.54. The number of carbonyl (C=O) groups excluding carboxylic acids is 1. The van der Waals surface area contributed by atoms with Crippen LogP contribution in [0.1, 0.15) is 12.5 Å². The molecule has 1 heterocycles. The molecule has 1 aliphatic rings. The molecule has 2 amide bonds. The zero-order chi connectivity index (χ0) is 18.8. The summed E-state index contributed by atoms with van der Waals surface area (Å²) >= 11 is 5.58. The lowest BCUT2D eigenvalue weighted by Gasteiger charge is -2.34. The van der Waals surface area contributed by atoms with E-state index < -0.39 is 26.7 Å². The van der Waals surface area contributed by atoms with Gasteiger partial charge in [-0.3, -0.25) is 0 Å². The fourth-order valence-corrected chi connectivity index (χ4v) is 4.27. The summed E-state index contributed by atoms with van der Waals surface area (Å²) in [7, 11) is -4.36. The van der Waals surface area contributed by atoms with Gasteiger partial charge in [0.1, 0.15) is 0 Å². The Morgan fingerprint density at radius 1 is 1.24 bits per heavy atom. The third-order valence-corrected chi connectivity index (χ3v) is 5.91. The number of amides is 2. The molecule has 6 nitrogen and oxygen atoms in total. The molecule has 0 unspecified atom stereocenters. The Morgan fingerprint density at radius 2 is 1.84 bits per heavy atom. The summed E-state index contributed by atoms with van der Waals surface area (Å²) in [4.78, 5) is 12.3. The Labute approximate surface area is 148 Å². The molecule has 1 N–H and O–H groups in total. The van der Waals surface area contributed by atoms with E-state index in [0.29, 0.717) is 12.6 Å². The summed E-state index contributed by atoms with van der Waals surface area (Å²) < 4.78 is 65.7. The molecule has 1 saturated heterocycles. The van der Waals surface area contributed by atoms with Gasteiger partial charge in [-0.25, -0.2) is 13.2 Å². The first-order valence-corrected chi connectivity index (χ1v) is 9.29. The molecule has 0 radical (unpaired) electrons. The van der Waals surface area contributed by atoms with E-state index in [4.69, 9.17) is 11.6 Å². The number of benzene rings is 1. The third-order valence-electron chi connectivity index (χ3n) is 3.72. The fourth-order valence-electron chi connectivity index (χ4n) is 2.48. The van der Waals surface area contributed by atoms with Gasteiger partial charge in [0.2, 0.25) is 10.0 Å². The van der Waals surface area contributed by atoms with Crippen molar-refractivity contribution in [3.63, 3.8) is 0 Å². The van der Waals surface area contributed by atoms with Crippen LogP contribution in [-0.4, -0.2) is 56.4 Å². The summed E-state index contributed by atoms with van der Waals surface area (Å²) in [5, 5.41) is 2.39. The number of sulfonamides is 1. The molecule has 0 saturated carbocycles. The van der Waals surface area contributed by atoms with E-state index in [9.17, 15) is 26.4 Å². The van der Waals surface area contributed by atoms with Gasteiger partial charge in [0.25, 0.3) is 0 Å². The van der Waals surface area contributed by atoms with E-state index in [2.05, 4.69) is 5.32 Å². The minimum atomic E-state index is -4.85. The summed E-state index contributed by atoms with van der Waals surface area (Å²) in [6, 6.07) is 2.23. The molecule has 1 aromatic rings. The lowest BCUT2D eigenvalue weighted by atomic mass is 10.2. The Bertz CT molecular complexity index is 747. The van der Waals surface area contributed by atoms with Gasteiger partial charge in [-0.05, 0) is 25.1 Å². The number of alkyl halides is 3. The van der Waals surface area contributed by atoms with Crippen molar-refractivity contribution in [2.24, 2.45) is 0 Å². The highest BCUT2D eigenvalue weighted by Gasteiger charge is 2.40. The molecule has 11 heteroatoms. The first-order chi connectivity index (χ1) is 11.6. The first-order valence-electron chi connectivity index (χ1n) is 7.47. The highest BCUT2D eigenvalue weighted by atomic mass is 35.5. The van der Waals surface area contributed by atoms with E-state index >= 15 is 0 Å². The van der Waals surface area contributed by atoms with E-state index in [0.717, 1.165) is 16.4 Å². The Morgan fingerprint density at radius 3 is 2.36 bits per heavy atom. The summed E-state index contributed by atoms with van der Waals surface area (Å²) in [6.45, 7) is 2.20.